The number of benzene rings is 1. The Bertz CT molecular complexity index is 629. The second kappa shape index (κ2) is 4.08. The molecule has 4 nitrogen and oxygen atoms in total. The van der Waals surface area contributed by atoms with Crippen molar-refractivity contribution in [2.24, 2.45) is 11.7 Å². The highest BCUT2D eigenvalue weighted by atomic mass is 16.3. The molecule has 1 saturated carbocycles. The smallest absolute Gasteiger partial charge is 0.220 e. The predicted molar refractivity (Wildman–Crippen MR) is 79.8 cm³/mol. The molecule has 2 aliphatic carbocycles. The van der Waals surface area contributed by atoms with Gasteiger partial charge in [-0.25, -0.2) is 0 Å². The lowest BCUT2D eigenvalue weighted by Gasteiger charge is -2.55. The number of aryl methyl sites for hydroxylation is 1. The fourth-order valence-electron chi connectivity index (χ4n) is 5.12. The van der Waals surface area contributed by atoms with Gasteiger partial charge < -0.3 is 16.2 Å². The summed E-state index contributed by atoms with van der Waals surface area (Å²) in [6.45, 7) is 2.98. The van der Waals surface area contributed by atoms with Crippen LogP contribution in [0.1, 0.15) is 36.0 Å². The van der Waals surface area contributed by atoms with Crippen molar-refractivity contribution >= 4 is 5.91 Å². The van der Waals surface area contributed by atoms with Gasteiger partial charge in [0.15, 0.2) is 0 Å². The number of nitrogens with two attached hydrogens (primary N) is 1. The standard InChI is InChI=1S/C17H22N2O2/c1-10-2-3-11-7-14-17(21)9-12(15(18)20)8-16(17,4-5-19-14)13(11)6-10/h2-3,6,12,14,19,21H,4-5,7-9H2,1H3,(H2,18,20)/t12?,14-,16-,17-/m1/s1. The molecule has 0 spiro atoms. The minimum absolute atomic E-state index is 0.0332. The zero-order chi connectivity index (χ0) is 14.8. The molecule has 21 heavy (non-hydrogen) atoms. The number of amides is 1. The number of primary amides is 1. The summed E-state index contributed by atoms with van der Waals surface area (Å²) in [5.74, 6) is -0.490. The molecular weight excluding hydrogens is 264 g/mol. The van der Waals surface area contributed by atoms with E-state index >= 15 is 0 Å². The number of nitrogens with one attached hydrogen (secondary N) is 1. The molecule has 2 fully saturated rings. The van der Waals surface area contributed by atoms with Crippen molar-refractivity contribution in [1.29, 1.82) is 0 Å². The van der Waals surface area contributed by atoms with Crippen LogP contribution in [0.15, 0.2) is 18.2 Å². The highest BCUT2D eigenvalue weighted by Crippen LogP contribution is 2.59. The molecular formula is C17H22N2O2. The number of hydrogen-bond acceptors (Lipinski definition) is 3. The Morgan fingerprint density at radius 1 is 1.43 bits per heavy atom. The molecule has 4 atom stereocenters. The average Bonchev–Trinajstić information content (AvgIpc) is 2.76. The van der Waals surface area contributed by atoms with E-state index in [1.807, 2.05) is 0 Å². The van der Waals surface area contributed by atoms with E-state index in [0.29, 0.717) is 12.8 Å². The number of piperidine rings is 1. The van der Waals surface area contributed by atoms with E-state index in [1.54, 1.807) is 0 Å². The van der Waals surface area contributed by atoms with E-state index in [9.17, 15) is 9.90 Å². The van der Waals surface area contributed by atoms with Gasteiger partial charge in [0.05, 0.1) is 5.60 Å². The number of carbonyl (C=O) groups is 1. The molecule has 0 aromatic heterocycles. The third-order valence-corrected chi connectivity index (χ3v) is 6.11. The third kappa shape index (κ3) is 1.55. The van der Waals surface area contributed by atoms with Crippen molar-refractivity contribution in [3.63, 3.8) is 0 Å². The van der Waals surface area contributed by atoms with Crippen LogP contribution < -0.4 is 11.1 Å². The van der Waals surface area contributed by atoms with Gasteiger partial charge in [0, 0.05) is 17.4 Å². The summed E-state index contributed by atoms with van der Waals surface area (Å²) in [7, 11) is 0. The summed E-state index contributed by atoms with van der Waals surface area (Å²) in [5, 5.41) is 14.9. The van der Waals surface area contributed by atoms with Gasteiger partial charge in [-0.3, -0.25) is 4.79 Å². The summed E-state index contributed by atoms with van der Waals surface area (Å²) in [4.78, 5) is 11.7. The van der Waals surface area contributed by atoms with Crippen molar-refractivity contribution in [1.82, 2.24) is 5.32 Å². The first-order chi connectivity index (χ1) is 9.96. The minimum Gasteiger partial charge on any atom is -0.387 e. The number of carbonyl (C=O) groups excluding carboxylic acids is 1. The Morgan fingerprint density at radius 2 is 2.24 bits per heavy atom. The highest BCUT2D eigenvalue weighted by Gasteiger charge is 2.66. The van der Waals surface area contributed by atoms with Gasteiger partial charge in [-0.15, -0.1) is 0 Å². The van der Waals surface area contributed by atoms with Crippen molar-refractivity contribution in [3.8, 4) is 0 Å². The van der Waals surface area contributed by atoms with E-state index in [2.05, 4.69) is 30.4 Å². The minimum atomic E-state index is -0.842. The van der Waals surface area contributed by atoms with Crippen molar-refractivity contribution < 1.29 is 9.90 Å². The molecule has 4 N–H and O–H groups in total. The van der Waals surface area contributed by atoms with Gasteiger partial charge in [0.2, 0.25) is 5.91 Å². The molecule has 1 heterocycles. The van der Waals surface area contributed by atoms with Crippen LogP contribution in [0.25, 0.3) is 0 Å². The molecule has 1 saturated heterocycles. The van der Waals surface area contributed by atoms with Gasteiger partial charge in [-0.1, -0.05) is 23.8 Å². The van der Waals surface area contributed by atoms with Gasteiger partial charge in [0.25, 0.3) is 0 Å². The van der Waals surface area contributed by atoms with Crippen LogP contribution in [0.3, 0.4) is 0 Å². The molecule has 1 aromatic rings. The molecule has 112 valence electrons. The van der Waals surface area contributed by atoms with Gasteiger partial charge in [-0.05, 0) is 50.3 Å². The summed E-state index contributed by atoms with van der Waals surface area (Å²) in [5.41, 5.74) is 8.21. The van der Waals surface area contributed by atoms with Crippen LogP contribution in [0, 0.1) is 12.8 Å². The van der Waals surface area contributed by atoms with Crippen molar-refractivity contribution in [2.45, 2.75) is 49.7 Å². The van der Waals surface area contributed by atoms with Crippen LogP contribution in [0.5, 0.6) is 0 Å². The summed E-state index contributed by atoms with van der Waals surface area (Å²) < 4.78 is 0. The first-order valence-electron chi connectivity index (χ1n) is 7.81. The summed E-state index contributed by atoms with van der Waals surface area (Å²) in [6, 6.07) is 6.57. The van der Waals surface area contributed by atoms with Crippen molar-refractivity contribution in [3.05, 3.63) is 34.9 Å². The number of aliphatic hydroxyl groups is 1. The molecule has 4 rings (SSSR count). The number of rotatable bonds is 1. The maximum Gasteiger partial charge on any atom is 0.220 e. The Labute approximate surface area is 124 Å². The maximum atomic E-state index is 11.7. The van der Waals surface area contributed by atoms with E-state index < -0.39 is 5.60 Å². The SMILES string of the molecule is Cc1ccc2c(c1)[C@]13CCN[C@H](C2)[C@]1(O)CC(C(N)=O)C3. The van der Waals surface area contributed by atoms with Crippen molar-refractivity contribution in [2.75, 3.05) is 6.54 Å². The van der Waals surface area contributed by atoms with E-state index in [4.69, 9.17) is 5.73 Å². The number of hydrogen-bond donors (Lipinski definition) is 3. The number of fused-ring (bicyclic) bond motifs is 1. The van der Waals surface area contributed by atoms with Crippen LogP contribution >= 0.6 is 0 Å². The molecule has 1 aliphatic heterocycles. The fraction of sp³-hybridized carbons (Fsp3) is 0.588. The lowest BCUT2D eigenvalue weighted by atomic mass is 9.56. The Hall–Kier alpha value is -1.39. The molecule has 1 aromatic carbocycles. The van der Waals surface area contributed by atoms with Crippen LogP contribution in [0.4, 0.5) is 0 Å². The molecule has 4 heteroatoms. The van der Waals surface area contributed by atoms with Gasteiger partial charge in [-0.2, -0.15) is 0 Å². The van der Waals surface area contributed by atoms with E-state index in [0.717, 1.165) is 19.4 Å². The molecule has 1 unspecified atom stereocenters. The van der Waals surface area contributed by atoms with E-state index in [1.165, 1.54) is 16.7 Å². The normalized spacial score (nSPS) is 40.5. The Kier molecular flexibility index (Phi) is 2.58. The second-order valence-corrected chi connectivity index (χ2v) is 7.14. The van der Waals surface area contributed by atoms with Gasteiger partial charge >= 0.3 is 0 Å². The van der Waals surface area contributed by atoms with Crippen LogP contribution in [-0.2, 0) is 16.6 Å². The Balaban J connectivity index is 1.93. The molecule has 2 bridgehead atoms. The maximum absolute atomic E-state index is 11.7. The largest absolute Gasteiger partial charge is 0.387 e. The fourth-order valence-corrected chi connectivity index (χ4v) is 5.12. The second-order valence-electron chi connectivity index (χ2n) is 7.14. The average molecular weight is 286 g/mol. The summed E-state index contributed by atoms with van der Waals surface area (Å²) >= 11 is 0. The molecule has 0 radical (unpaired) electrons. The lowest BCUT2D eigenvalue weighted by molar-refractivity contribution is -0.122. The zero-order valence-corrected chi connectivity index (χ0v) is 12.4. The molecule has 3 aliphatic rings. The van der Waals surface area contributed by atoms with Gasteiger partial charge in [0.1, 0.15) is 0 Å². The van der Waals surface area contributed by atoms with Crippen LogP contribution in [-0.4, -0.2) is 29.2 Å². The lowest BCUT2D eigenvalue weighted by Crippen LogP contribution is -2.68. The third-order valence-electron chi connectivity index (χ3n) is 6.11. The first kappa shape index (κ1) is 13.3. The van der Waals surface area contributed by atoms with E-state index in [-0.39, 0.29) is 23.3 Å². The summed E-state index contributed by atoms with van der Waals surface area (Å²) in [6.07, 6.45) is 2.89. The first-order valence-corrected chi connectivity index (χ1v) is 7.81. The highest BCUT2D eigenvalue weighted by molar-refractivity contribution is 5.78. The van der Waals surface area contributed by atoms with Crippen LogP contribution in [0.2, 0.25) is 0 Å². The quantitative estimate of drug-likeness (QED) is 0.714. The zero-order valence-electron chi connectivity index (χ0n) is 12.4. The monoisotopic (exact) mass is 286 g/mol. The topological polar surface area (TPSA) is 75.3 Å². The molecule has 1 amide bonds. The predicted octanol–water partition coefficient (Wildman–Crippen LogP) is 0.777. The Morgan fingerprint density at radius 3 is 3.00 bits per heavy atom.